The lowest BCUT2D eigenvalue weighted by Crippen LogP contribution is -2.05. The molecule has 1 heterocycles. The molecule has 5 heteroatoms. The van der Waals surface area contributed by atoms with Gasteiger partial charge in [-0.15, -0.1) is 10.2 Å². The summed E-state index contributed by atoms with van der Waals surface area (Å²) in [5, 5.41) is 7.37. The van der Waals surface area contributed by atoms with Crippen molar-refractivity contribution in [3.05, 3.63) is 36.2 Å². The van der Waals surface area contributed by atoms with Gasteiger partial charge in [0.2, 0.25) is 12.3 Å². The molecule has 0 aliphatic heterocycles. The number of rotatable bonds is 4. The molecule has 2 rings (SSSR count). The molecule has 1 aromatic heterocycles. The maximum Gasteiger partial charge on any atom is 0.338 e. The van der Waals surface area contributed by atoms with Crippen LogP contribution in [0, 0.1) is 0 Å². The van der Waals surface area contributed by atoms with E-state index in [-0.39, 0.29) is 5.97 Å². The quantitative estimate of drug-likeness (QED) is 0.757. The molecule has 0 radical (unpaired) electrons. The largest absolute Gasteiger partial charge is 0.462 e. The van der Waals surface area contributed by atoms with Crippen LogP contribution in [0.5, 0.6) is 0 Å². The molecule has 0 amide bonds. The summed E-state index contributed by atoms with van der Waals surface area (Å²) in [6.45, 7) is 2.39. The van der Waals surface area contributed by atoms with Crippen molar-refractivity contribution in [1.82, 2.24) is 10.2 Å². The summed E-state index contributed by atoms with van der Waals surface area (Å²) < 4.78 is 10.1. The molecular weight excluding hydrogens is 220 g/mol. The Morgan fingerprint density at radius 1 is 1.35 bits per heavy atom. The third kappa shape index (κ3) is 2.69. The minimum Gasteiger partial charge on any atom is -0.462 e. The van der Waals surface area contributed by atoms with Crippen molar-refractivity contribution in [1.29, 1.82) is 0 Å². The van der Waals surface area contributed by atoms with Gasteiger partial charge in [0.1, 0.15) is 0 Å². The van der Waals surface area contributed by atoms with E-state index < -0.39 is 0 Å². The molecule has 1 aromatic carbocycles. The van der Waals surface area contributed by atoms with Crippen LogP contribution < -0.4 is 0 Å². The molecule has 0 saturated heterocycles. The summed E-state index contributed by atoms with van der Waals surface area (Å²) in [6, 6.07) is 6.85. The van der Waals surface area contributed by atoms with Gasteiger partial charge in [-0.2, -0.15) is 0 Å². The van der Waals surface area contributed by atoms with E-state index in [1.165, 1.54) is 6.39 Å². The number of esters is 1. The van der Waals surface area contributed by atoms with Gasteiger partial charge in [-0.25, -0.2) is 4.79 Å². The van der Waals surface area contributed by atoms with Crippen molar-refractivity contribution in [3.63, 3.8) is 0 Å². The fourth-order valence-electron chi connectivity index (χ4n) is 1.33. The van der Waals surface area contributed by atoms with Crippen LogP contribution in [-0.4, -0.2) is 22.8 Å². The number of aromatic nitrogens is 2. The molecule has 0 spiro atoms. The molecule has 2 aromatic rings. The van der Waals surface area contributed by atoms with Gasteiger partial charge in [-0.05, 0) is 30.7 Å². The first-order chi connectivity index (χ1) is 8.31. The zero-order valence-electron chi connectivity index (χ0n) is 9.42. The molecule has 0 unspecified atom stereocenters. The van der Waals surface area contributed by atoms with Crippen molar-refractivity contribution in [2.45, 2.75) is 13.3 Å². The SMILES string of the molecule is CCCOC(=O)c1ccc(-c2nnco2)cc1. The Balaban J connectivity index is 2.10. The monoisotopic (exact) mass is 232 g/mol. The second-order valence-corrected chi connectivity index (χ2v) is 3.46. The van der Waals surface area contributed by atoms with Crippen LogP contribution in [0.4, 0.5) is 0 Å². The second kappa shape index (κ2) is 5.25. The summed E-state index contributed by atoms with van der Waals surface area (Å²) >= 11 is 0. The predicted molar refractivity (Wildman–Crippen MR) is 60.3 cm³/mol. The zero-order valence-corrected chi connectivity index (χ0v) is 9.42. The van der Waals surface area contributed by atoms with Crippen LogP contribution in [0.3, 0.4) is 0 Å². The average molecular weight is 232 g/mol. The first-order valence-corrected chi connectivity index (χ1v) is 5.35. The average Bonchev–Trinajstić information content (AvgIpc) is 2.90. The van der Waals surface area contributed by atoms with Gasteiger partial charge >= 0.3 is 5.97 Å². The van der Waals surface area contributed by atoms with Gasteiger partial charge in [0.05, 0.1) is 12.2 Å². The van der Waals surface area contributed by atoms with E-state index in [2.05, 4.69) is 10.2 Å². The van der Waals surface area contributed by atoms with Crippen molar-refractivity contribution < 1.29 is 13.9 Å². The Morgan fingerprint density at radius 3 is 2.71 bits per heavy atom. The van der Waals surface area contributed by atoms with E-state index in [0.717, 1.165) is 12.0 Å². The third-order valence-corrected chi connectivity index (χ3v) is 2.16. The van der Waals surface area contributed by atoms with Crippen molar-refractivity contribution in [3.8, 4) is 11.5 Å². The minimum atomic E-state index is -0.316. The summed E-state index contributed by atoms with van der Waals surface area (Å²) in [4.78, 5) is 11.5. The van der Waals surface area contributed by atoms with Gasteiger partial charge in [-0.3, -0.25) is 0 Å². The summed E-state index contributed by atoms with van der Waals surface area (Å²) in [6.07, 6.45) is 2.07. The lowest BCUT2D eigenvalue weighted by atomic mass is 10.1. The highest BCUT2D eigenvalue weighted by atomic mass is 16.5. The van der Waals surface area contributed by atoms with Crippen LogP contribution in [0.1, 0.15) is 23.7 Å². The van der Waals surface area contributed by atoms with Gasteiger partial charge in [0.15, 0.2) is 0 Å². The number of hydrogen-bond acceptors (Lipinski definition) is 5. The number of ether oxygens (including phenoxy) is 1. The summed E-state index contributed by atoms with van der Waals surface area (Å²) in [5.74, 6) is 0.113. The zero-order chi connectivity index (χ0) is 12.1. The molecule has 0 aliphatic rings. The highest BCUT2D eigenvalue weighted by Crippen LogP contribution is 2.16. The van der Waals surface area contributed by atoms with E-state index in [1.54, 1.807) is 24.3 Å². The van der Waals surface area contributed by atoms with Crippen molar-refractivity contribution >= 4 is 5.97 Å². The van der Waals surface area contributed by atoms with E-state index in [1.807, 2.05) is 6.92 Å². The van der Waals surface area contributed by atoms with Crippen LogP contribution in [0.25, 0.3) is 11.5 Å². The third-order valence-electron chi connectivity index (χ3n) is 2.16. The molecule has 0 N–H and O–H groups in total. The van der Waals surface area contributed by atoms with Crippen LogP contribution in [0.15, 0.2) is 35.1 Å². The first-order valence-electron chi connectivity index (χ1n) is 5.35. The second-order valence-electron chi connectivity index (χ2n) is 3.46. The molecule has 88 valence electrons. The van der Waals surface area contributed by atoms with Crippen molar-refractivity contribution in [2.24, 2.45) is 0 Å². The Bertz CT molecular complexity index is 477. The number of hydrogen-bond donors (Lipinski definition) is 0. The standard InChI is InChI=1S/C12H12N2O3/c1-2-7-16-12(15)10-5-3-9(4-6-10)11-14-13-8-17-11/h3-6,8H,2,7H2,1H3. The lowest BCUT2D eigenvalue weighted by Gasteiger charge is -2.03. The number of benzene rings is 1. The Hall–Kier alpha value is -2.17. The number of nitrogens with zero attached hydrogens (tertiary/aromatic N) is 2. The first kappa shape index (κ1) is 11.3. The highest BCUT2D eigenvalue weighted by Gasteiger charge is 2.08. The fraction of sp³-hybridized carbons (Fsp3) is 0.250. The van der Waals surface area contributed by atoms with E-state index >= 15 is 0 Å². The van der Waals surface area contributed by atoms with Crippen molar-refractivity contribution in [2.75, 3.05) is 6.61 Å². The summed E-state index contributed by atoms with van der Waals surface area (Å²) in [5.41, 5.74) is 1.29. The van der Waals surface area contributed by atoms with E-state index in [9.17, 15) is 4.79 Å². The smallest absolute Gasteiger partial charge is 0.338 e. The molecule has 0 fully saturated rings. The van der Waals surface area contributed by atoms with Crippen LogP contribution in [0.2, 0.25) is 0 Å². The van der Waals surface area contributed by atoms with Gasteiger partial charge < -0.3 is 9.15 Å². The van der Waals surface area contributed by atoms with E-state index in [4.69, 9.17) is 9.15 Å². The van der Waals surface area contributed by atoms with E-state index in [0.29, 0.717) is 18.1 Å². The van der Waals surface area contributed by atoms with Crippen LogP contribution in [-0.2, 0) is 4.74 Å². The predicted octanol–water partition coefficient (Wildman–Crippen LogP) is 2.30. The normalized spacial score (nSPS) is 10.2. The fourth-order valence-corrected chi connectivity index (χ4v) is 1.33. The maximum atomic E-state index is 11.5. The van der Waals surface area contributed by atoms with Crippen LogP contribution >= 0.6 is 0 Å². The number of carbonyl (C=O) groups is 1. The lowest BCUT2D eigenvalue weighted by molar-refractivity contribution is 0.0505. The van der Waals surface area contributed by atoms with Gasteiger partial charge in [0.25, 0.3) is 0 Å². The summed E-state index contributed by atoms with van der Waals surface area (Å²) in [7, 11) is 0. The molecular formula is C12H12N2O3. The van der Waals surface area contributed by atoms with Gasteiger partial charge in [-0.1, -0.05) is 6.92 Å². The topological polar surface area (TPSA) is 65.2 Å². The maximum absolute atomic E-state index is 11.5. The molecule has 17 heavy (non-hydrogen) atoms. The molecule has 0 aliphatic carbocycles. The Labute approximate surface area is 98.4 Å². The molecule has 0 bridgehead atoms. The highest BCUT2D eigenvalue weighted by molar-refractivity contribution is 5.89. The molecule has 0 saturated carbocycles. The Morgan fingerprint density at radius 2 is 2.12 bits per heavy atom. The number of carbonyl (C=O) groups excluding carboxylic acids is 1. The molecule has 0 atom stereocenters. The minimum absolute atomic E-state index is 0.316. The van der Waals surface area contributed by atoms with Gasteiger partial charge in [0, 0.05) is 5.56 Å². The Kier molecular flexibility index (Phi) is 3.49. The molecule has 5 nitrogen and oxygen atoms in total.